The molecule has 66 valence electrons. The van der Waals surface area contributed by atoms with Crippen LogP contribution in [0.3, 0.4) is 0 Å². The van der Waals surface area contributed by atoms with E-state index in [1.807, 2.05) is 0 Å². The molecule has 0 radical (unpaired) electrons. The molecule has 0 heterocycles. The molecule has 1 rings (SSSR count). The summed E-state index contributed by atoms with van der Waals surface area (Å²) in [5.74, 6) is 2.06. The lowest BCUT2D eigenvalue weighted by Crippen LogP contribution is -2.02. The highest BCUT2D eigenvalue weighted by molar-refractivity contribution is 5.06. The molecule has 3 unspecified atom stereocenters. The lowest BCUT2D eigenvalue weighted by Gasteiger charge is -2.13. The van der Waals surface area contributed by atoms with Gasteiger partial charge >= 0.3 is 0 Å². The predicted octanol–water partition coefficient (Wildman–Crippen LogP) is 3.86. The van der Waals surface area contributed by atoms with Gasteiger partial charge in [0.1, 0.15) is 0 Å². The molecule has 1 aliphatic carbocycles. The summed E-state index contributed by atoms with van der Waals surface area (Å²) in [4.78, 5) is 0. The van der Waals surface area contributed by atoms with Crippen LogP contribution < -0.4 is 0 Å². The minimum Gasteiger partial charge on any atom is -0.0654 e. The Kier molecular flexibility index (Phi) is 2.61. The van der Waals surface area contributed by atoms with Crippen molar-refractivity contribution in [3.05, 3.63) is 0 Å². The molecule has 0 aliphatic heterocycles. The van der Waals surface area contributed by atoms with E-state index < -0.39 is 0 Å². The maximum absolute atomic E-state index is 2.44. The second-order valence-corrected chi connectivity index (χ2v) is 4.14. The van der Waals surface area contributed by atoms with Crippen LogP contribution in [-0.2, 0) is 0 Å². The van der Waals surface area contributed by atoms with Crippen LogP contribution in [0.15, 0.2) is 0 Å². The number of hydrogen-bond donors (Lipinski definition) is 0. The molecule has 3 atom stereocenters. The van der Waals surface area contributed by atoms with Crippen LogP contribution in [-0.4, -0.2) is 0 Å². The molecule has 1 saturated carbocycles. The molecule has 0 aromatic heterocycles. The van der Waals surface area contributed by atoms with Crippen LogP contribution in [0.5, 0.6) is 0 Å². The Labute approximate surface area is 71.4 Å². The first kappa shape index (κ1) is 9.09. The molecule has 0 heteroatoms. The summed E-state index contributed by atoms with van der Waals surface area (Å²) < 4.78 is 0. The van der Waals surface area contributed by atoms with Gasteiger partial charge in [-0.15, -0.1) is 0 Å². The second-order valence-electron chi connectivity index (χ2n) is 4.14. The summed E-state index contributed by atoms with van der Waals surface area (Å²) in [7, 11) is 0. The van der Waals surface area contributed by atoms with Crippen LogP contribution >= 0.6 is 0 Å². The molecule has 0 saturated heterocycles. The molecule has 0 aromatic carbocycles. The molecular weight excluding hydrogens is 132 g/mol. The van der Waals surface area contributed by atoms with Gasteiger partial charge in [0, 0.05) is 0 Å². The first-order chi connectivity index (χ1) is 5.22. The Morgan fingerprint density at radius 2 is 1.82 bits per heavy atom. The molecule has 0 bridgehead atoms. The first-order valence-corrected chi connectivity index (χ1v) is 5.22. The van der Waals surface area contributed by atoms with Gasteiger partial charge < -0.3 is 0 Å². The molecule has 0 spiro atoms. The quantitative estimate of drug-likeness (QED) is 0.577. The van der Waals surface area contributed by atoms with Crippen LogP contribution in [0.1, 0.15) is 53.4 Å². The Morgan fingerprint density at radius 1 is 1.18 bits per heavy atom. The van der Waals surface area contributed by atoms with E-state index in [4.69, 9.17) is 0 Å². The molecule has 1 fully saturated rings. The van der Waals surface area contributed by atoms with E-state index in [2.05, 4.69) is 27.7 Å². The standard InChI is InChI=1S/C11H22/c1-5-8-11(7-3)9(4)10(11)6-2/h9-10H,5-8H2,1-4H3. The predicted molar refractivity (Wildman–Crippen MR) is 50.6 cm³/mol. The third kappa shape index (κ3) is 1.21. The van der Waals surface area contributed by atoms with Crippen molar-refractivity contribution in [3.8, 4) is 0 Å². The van der Waals surface area contributed by atoms with Crippen molar-refractivity contribution in [2.75, 3.05) is 0 Å². The molecule has 0 nitrogen and oxygen atoms in total. The fraction of sp³-hybridized carbons (Fsp3) is 1.00. The highest BCUT2D eigenvalue weighted by Gasteiger charge is 2.57. The Bertz CT molecular complexity index is 128. The van der Waals surface area contributed by atoms with Crippen molar-refractivity contribution < 1.29 is 0 Å². The third-order valence-corrected chi connectivity index (χ3v) is 3.95. The smallest absolute Gasteiger partial charge is 0.0241 e. The fourth-order valence-corrected chi connectivity index (χ4v) is 3.20. The Morgan fingerprint density at radius 3 is 2.09 bits per heavy atom. The van der Waals surface area contributed by atoms with E-state index >= 15 is 0 Å². The first-order valence-electron chi connectivity index (χ1n) is 5.22. The zero-order valence-electron chi connectivity index (χ0n) is 8.48. The van der Waals surface area contributed by atoms with E-state index in [0.29, 0.717) is 0 Å². The average Bonchev–Trinajstić information content (AvgIpc) is 2.57. The highest BCUT2D eigenvalue weighted by atomic mass is 14.6. The molecule has 0 amide bonds. The second kappa shape index (κ2) is 3.16. The van der Waals surface area contributed by atoms with Crippen LogP contribution in [0.25, 0.3) is 0 Å². The summed E-state index contributed by atoms with van der Waals surface area (Å²) in [5.41, 5.74) is 0.767. The van der Waals surface area contributed by atoms with Gasteiger partial charge in [0.2, 0.25) is 0 Å². The van der Waals surface area contributed by atoms with Gasteiger partial charge in [-0.3, -0.25) is 0 Å². The van der Waals surface area contributed by atoms with Gasteiger partial charge in [0.25, 0.3) is 0 Å². The molecule has 11 heavy (non-hydrogen) atoms. The maximum atomic E-state index is 2.44. The van der Waals surface area contributed by atoms with Gasteiger partial charge in [-0.2, -0.15) is 0 Å². The monoisotopic (exact) mass is 154 g/mol. The van der Waals surface area contributed by atoms with Gasteiger partial charge in [-0.25, -0.2) is 0 Å². The molecule has 1 aliphatic rings. The minimum atomic E-state index is 0.767. The van der Waals surface area contributed by atoms with Crippen LogP contribution in [0.4, 0.5) is 0 Å². The van der Waals surface area contributed by atoms with E-state index in [0.717, 1.165) is 17.3 Å². The molecule has 0 N–H and O–H groups in total. The zero-order valence-corrected chi connectivity index (χ0v) is 8.48. The van der Waals surface area contributed by atoms with Crippen LogP contribution in [0.2, 0.25) is 0 Å². The highest BCUT2D eigenvalue weighted by Crippen LogP contribution is 2.64. The van der Waals surface area contributed by atoms with Crippen molar-refractivity contribution >= 4 is 0 Å². The molecular formula is C11H22. The average molecular weight is 154 g/mol. The van der Waals surface area contributed by atoms with E-state index in [1.54, 1.807) is 0 Å². The van der Waals surface area contributed by atoms with Crippen molar-refractivity contribution in [1.82, 2.24) is 0 Å². The largest absolute Gasteiger partial charge is 0.0654 e. The van der Waals surface area contributed by atoms with Gasteiger partial charge in [0.15, 0.2) is 0 Å². The Hall–Kier alpha value is 0. The topological polar surface area (TPSA) is 0 Å². The van der Waals surface area contributed by atoms with Crippen molar-refractivity contribution in [2.24, 2.45) is 17.3 Å². The molecule has 0 aromatic rings. The minimum absolute atomic E-state index is 0.767. The summed E-state index contributed by atoms with van der Waals surface area (Å²) in [6, 6.07) is 0. The zero-order chi connectivity index (χ0) is 8.48. The van der Waals surface area contributed by atoms with Gasteiger partial charge in [0.05, 0.1) is 0 Å². The summed E-state index contributed by atoms with van der Waals surface area (Å²) in [6.07, 6.45) is 5.63. The number of rotatable bonds is 4. The summed E-state index contributed by atoms with van der Waals surface area (Å²) in [6.45, 7) is 9.46. The van der Waals surface area contributed by atoms with E-state index in [9.17, 15) is 0 Å². The van der Waals surface area contributed by atoms with Crippen molar-refractivity contribution in [1.29, 1.82) is 0 Å². The van der Waals surface area contributed by atoms with E-state index in [-0.39, 0.29) is 0 Å². The SMILES string of the molecule is CCCC1(CC)C(C)C1CC. The van der Waals surface area contributed by atoms with E-state index in [1.165, 1.54) is 25.7 Å². The van der Waals surface area contributed by atoms with Crippen LogP contribution in [0, 0.1) is 17.3 Å². The normalized spacial score (nSPS) is 42.5. The maximum Gasteiger partial charge on any atom is -0.0241 e. The number of hydrogen-bond acceptors (Lipinski definition) is 0. The van der Waals surface area contributed by atoms with Gasteiger partial charge in [-0.05, 0) is 30.1 Å². The third-order valence-electron chi connectivity index (χ3n) is 3.95. The van der Waals surface area contributed by atoms with Crippen molar-refractivity contribution in [2.45, 2.75) is 53.4 Å². The lowest BCUT2D eigenvalue weighted by atomic mass is 9.92. The lowest BCUT2D eigenvalue weighted by molar-refractivity contribution is 0.377. The van der Waals surface area contributed by atoms with Crippen molar-refractivity contribution in [3.63, 3.8) is 0 Å². The summed E-state index contributed by atoms with van der Waals surface area (Å²) in [5, 5.41) is 0. The van der Waals surface area contributed by atoms with Gasteiger partial charge in [-0.1, -0.05) is 40.5 Å². The Balaban J connectivity index is 2.51. The summed E-state index contributed by atoms with van der Waals surface area (Å²) >= 11 is 0. The fourth-order valence-electron chi connectivity index (χ4n) is 3.20.